The van der Waals surface area contributed by atoms with Crippen LogP contribution in [0.4, 0.5) is 0 Å². The predicted octanol–water partition coefficient (Wildman–Crippen LogP) is 1.87. The summed E-state index contributed by atoms with van der Waals surface area (Å²) in [5, 5.41) is 3.32. The van der Waals surface area contributed by atoms with Gasteiger partial charge in [-0.25, -0.2) is 0 Å². The highest BCUT2D eigenvalue weighted by Gasteiger charge is 2.00. The molecule has 1 radical (unpaired) electrons. The molecule has 1 aliphatic heterocycles. The number of allylic oxidation sites excluding steroid dienone is 1. The van der Waals surface area contributed by atoms with Crippen LogP contribution in [0.2, 0.25) is 0 Å². The molecule has 0 unspecified atom stereocenters. The van der Waals surface area contributed by atoms with Gasteiger partial charge in [0.25, 0.3) is 0 Å². The maximum Gasteiger partial charge on any atom is 0.0179 e. The number of hydrogen-bond donors (Lipinski definition) is 1. The van der Waals surface area contributed by atoms with E-state index in [2.05, 4.69) is 18.3 Å². The molecule has 0 aromatic rings. The minimum absolute atomic E-state index is 1.05. The summed E-state index contributed by atoms with van der Waals surface area (Å²) < 4.78 is 0. The first-order chi connectivity index (χ1) is 4.43. The van der Waals surface area contributed by atoms with Crippen LogP contribution < -0.4 is 5.32 Å². The third-order valence-electron chi connectivity index (χ3n) is 1.58. The topological polar surface area (TPSA) is 12.0 Å². The fraction of sp³-hybridized carbons (Fsp3) is 0.625. The molecule has 9 heavy (non-hydrogen) atoms. The zero-order valence-corrected chi connectivity index (χ0v) is 5.82. The Hall–Kier alpha value is -0.460. The maximum absolute atomic E-state index is 3.79. The number of rotatable bonds is 3. The molecule has 0 aromatic heterocycles. The van der Waals surface area contributed by atoms with E-state index in [1.807, 2.05) is 0 Å². The zero-order chi connectivity index (χ0) is 6.53. The van der Waals surface area contributed by atoms with Crippen LogP contribution in [-0.4, -0.2) is 6.54 Å². The minimum atomic E-state index is 1.05. The van der Waals surface area contributed by atoms with Crippen LogP contribution in [0.25, 0.3) is 0 Å². The molecule has 0 aliphatic carbocycles. The quantitative estimate of drug-likeness (QED) is 0.605. The standard InChI is InChI=1S/C8H14N/c1-2-3-5-8-6-4-7-9-8/h6,9H,1-5,7H2. The van der Waals surface area contributed by atoms with Crippen molar-refractivity contribution in [1.29, 1.82) is 0 Å². The largest absolute Gasteiger partial charge is 0.388 e. The lowest BCUT2D eigenvalue weighted by molar-refractivity contribution is 0.758. The van der Waals surface area contributed by atoms with Crippen molar-refractivity contribution >= 4 is 0 Å². The second-order valence-electron chi connectivity index (χ2n) is 2.40. The van der Waals surface area contributed by atoms with Crippen molar-refractivity contribution in [3.05, 3.63) is 18.7 Å². The summed E-state index contributed by atoms with van der Waals surface area (Å²) in [6.07, 6.45) is 6.98. The molecule has 1 nitrogen and oxygen atoms in total. The number of nitrogens with one attached hydrogen (secondary N) is 1. The fourth-order valence-corrected chi connectivity index (χ4v) is 1.06. The third-order valence-corrected chi connectivity index (χ3v) is 1.58. The van der Waals surface area contributed by atoms with Gasteiger partial charge < -0.3 is 5.32 Å². The van der Waals surface area contributed by atoms with Gasteiger partial charge in [0.05, 0.1) is 0 Å². The smallest absolute Gasteiger partial charge is 0.0179 e. The Labute approximate surface area is 57.1 Å². The summed E-state index contributed by atoms with van der Waals surface area (Å²) in [5.41, 5.74) is 1.43. The maximum atomic E-state index is 3.79. The summed E-state index contributed by atoms with van der Waals surface area (Å²) in [6, 6.07) is 0. The monoisotopic (exact) mass is 124 g/mol. The number of hydrogen-bond acceptors (Lipinski definition) is 1. The van der Waals surface area contributed by atoms with Crippen LogP contribution >= 0.6 is 0 Å². The first-order valence-corrected chi connectivity index (χ1v) is 3.65. The van der Waals surface area contributed by atoms with Gasteiger partial charge in [0.1, 0.15) is 0 Å². The Bertz CT molecular complexity index is 105. The minimum Gasteiger partial charge on any atom is -0.388 e. The predicted molar refractivity (Wildman–Crippen MR) is 39.9 cm³/mol. The van der Waals surface area contributed by atoms with Gasteiger partial charge in [0.2, 0.25) is 0 Å². The average molecular weight is 124 g/mol. The van der Waals surface area contributed by atoms with Crippen molar-refractivity contribution in [2.45, 2.75) is 25.7 Å². The normalized spacial score (nSPS) is 17.2. The van der Waals surface area contributed by atoms with Crippen molar-refractivity contribution in [1.82, 2.24) is 5.32 Å². The van der Waals surface area contributed by atoms with Crippen LogP contribution in [0.15, 0.2) is 11.8 Å². The SMILES string of the molecule is [CH2]CCCC1=CCCN1. The van der Waals surface area contributed by atoms with Crippen LogP contribution in [0.1, 0.15) is 25.7 Å². The van der Waals surface area contributed by atoms with E-state index < -0.39 is 0 Å². The van der Waals surface area contributed by atoms with Crippen molar-refractivity contribution in [2.75, 3.05) is 6.54 Å². The molecule has 0 aromatic carbocycles. The fourth-order valence-electron chi connectivity index (χ4n) is 1.06. The van der Waals surface area contributed by atoms with E-state index in [1.165, 1.54) is 25.0 Å². The highest BCUT2D eigenvalue weighted by atomic mass is 14.9. The number of unbranched alkanes of at least 4 members (excludes halogenated alkanes) is 1. The third kappa shape index (κ3) is 2.08. The van der Waals surface area contributed by atoms with Gasteiger partial charge in [-0.3, -0.25) is 0 Å². The molecule has 0 saturated carbocycles. The van der Waals surface area contributed by atoms with Crippen molar-refractivity contribution < 1.29 is 0 Å². The summed E-state index contributed by atoms with van der Waals surface area (Å²) >= 11 is 0. The second kappa shape index (κ2) is 3.54. The summed E-state index contributed by atoms with van der Waals surface area (Å²) in [6.45, 7) is 4.94. The Morgan fingerprint density at radius 1 is 1.67 bits per heavy atom. The lowest BCUT2D eigenvalue weighted by Gasteiger charge is -2.00. The van der Waals surface area contributed by atoms with Gasteiger partial charge in [-0.1, -0.05) is 19.4 Å². The second-order valence-corrected chi connectivity index (χ2v) is 2.40. The lowest BCUT2D eigenvalue weighted by Crippen LogP contribution is -2.06. The van der Waals surface area contributed by atoms with Crippen LogP contribution in [0.3, 0.4) is 0 Å². The van der Waals surface area contributed by atoms with E-state index in [4.69, 9.17) is 0 Å². The molecule has 1 N–H and O–H groups in total. The molecule has 1 aliphatic rings. The molecule has 0 fully saturated rings. The van der Waals surface area contributed by atoms with Crippen LogP contribution in [-0.2, 0) is 0 Å². The Kier molecular flexibility index (Phi) is 2.62. The first-order valence-electron chi connectivity index (χ1n) is 3.65. The van der Waals surface area contributed by atoms with Gasteiger partial charge in [-0.05, 0) is 19.3 Å². The van der Waals surface area contributed by atoms with E-state index in [0.717, 1.165) is 13.0 Å². The molecule has 1 heteroatoms. The molecular formula is C8H14N. The Morgan fingerprint density at radius 3 is 3.11 bits per heavy atom. The van der Waals surface area contributed by atoms with E-state index in [0.29, 0.717) is 0 Å². The van der Waals surface area contributed by atoms with Gasteiger partial charge in [-0.2, -0.15) is 0 Å². The lowest BCUT2D eigenvalue weighted by atomic mass is 10.2. The van der Waals surface area contributed by atoms with Crippen LogP contribution in [0.5, 0.6) is 0 Å². The van der Waals surface area contributed by atoms with Crippen molar-refractivity contribution in [2.24, 2.45) is 0 Å². The zero-order valence-electron chi connectivity index (χ0n) is 5.82. The van der Waals surface area contributed by atoms with E-state index >= 15 is 0 Å². The summed E-state index contributed by atoms with van der Waals surface area (Å²) in [4.78, 5) is 0. The molecule has 1 heterocycles. The first kappa shape index (κ1) is 6.66. The molecule has 0 bridgehead atoms. The average Bonchev–Trinajstić information content (AvgIpc) is 2.34. The van der Waals surface area contributed by atoms with Crippen LogP contribution in [0, 0.1) is 6.92 Å². The highest BCUT2D eigenvalue weighted by molar-refractivity contribution is 5.04. The van der Waals surface area contributed by atoms with E-state index in [-0.39, 0.29) is 0 Å². The van der Waals surface area contributed by atoms with E-state index in [9.17, 15) is 0 Å². The van der Waals surface area contributed by atoms with Gasteiger partial charge >= 0.3 is 0 Å². The molecule has 0 spiro atoms. The summed E-state index contributed by atoms with van der Waals surface area (Å²) in [5.74, 6) is 0. The van der Waals surface area contributed by atoms with Crippen molar-refractivity contribution in [3.63, 3.8) is 0 Å². The van der Waals surface area contributed by atoms with Gasteiger partial charge in [0, 0.05) is 12.2 Å². The van der Waals surface area contributed by atoms with Crippen molar-refractivity contribution in [3.8, 4) is 0 Å². The Morgan fingerprint density at radius 2 is 2.56 bits per heavy atom. The molecule has 0 saturated heterocycles. The summed E-state index contributed by atoms with van der Waals surface area (Å²) in [7, 11) is 0. The van der Waals surface area contributed by atoms with Gasteiger partial charge in [-0.15, -0.1) is 0 Å². The Balaban J connectivity index is 2.11. The molecule has 1 rings (SSSR count). The van der Waals surface area contributed by atoms with Gasteiger partial charge in [0.15, 0.2) is 0 Å². The molecular weight excluding hydrogens is 110 g/mol. The highest BCUT2D eigenvalue weighted by Crippen LogP contribution is 2.08. The van der Waals surface area contributed by atoms with E-state index in [1.54, 1.807) is 0 Å². The molecule has 0 amide bonds. The molecule has 51 valence electrons. The molecule has 0 atom stereocenters.